The second-order valence-electron chi connectivity index (χ2n) is 11.9. The molecular weight excluding hydrogens is 640 g/mol. The molecule has 3 aromatic rings. The number of rotatable bonds is 8. The summed E-state index contributed by atoms with van der Waals surface area (Å²) in [6.07, 6.45) is -7.11. The molecule has 1 aliphatic carbocycles. The average Bonchev–Trinajstić information content (AvgIpc) is 3.39. The Kier molecular flexibility index (Phi) is 9.80. The Morgan fingerprint density at radius 2 is 1.74 bits per heavy atom. The zero-order valence-electron chi connectivity index (χ0n) is 25.0. The number of piperazine rings is 1. The number of hydrogen-bond donors (Lipinski definition) is 1. The van der Waals surface area contributed by atoms with Gasteiger partial charge >= 0.3 is 12.4 Å². The molecule has 1 amide bonds. The number of benzene rings is 2. The number of ether oxygens (including phenoxy) is 1. The minimum atomic E-state index is -4.86. The number of hydrogen-bond acceptors (Lipinski definition) is 8. The molecule has 2 heterocycles. The van der Waals surface area contributed by atoms with Crippen molar-refractivity contribution < 1.29 is 40.8 Å². The second-order valence-corrected chi connectivity index (χ2v) is 13.0. The number of alkyl halides is 6. The summed E-state index contributed by atoms with van der Waals surface area (Å²) in [5.41, 5.74) is -2.57. The Balaban J connectivity index is 1.08. The van der Waals surface area contributed by atoms with Crippen LogP contribution in [0.15, 0.2) is 36.4 Å². The number of carbonyl (C=O) groups is 1. The molecule has 0 bridgehead atoms. The number of halogens is 6. The molecule has 0 spiro atoms. The van der Waals surface area contributed by atoms with E-state index in [-0.39, 0.29) is 42.4 Å². The van der Waals surface area contributed by atoms with Crippen molar-refractivity contribution in [3.63, 3.8) is 0 Å². The normalized spacial score (nSPS) is 23.1. The molecule has 16 heteroatoms. The fraction of sp³-hybridized carbons (Fsp3) is 0.533. The van der Waals surface area contributed by atoms with Gasteiger partial charge in [0, 0.05) is 43.0 Å². The number of thiazole rings is 1. The van der Waals surface area contributed by atoms with Crippen LogP contribution in [0.1, 0.15) is 55.7 Å². The van der Waals surface area contributed by atoms with Crippen molar-refractivity contribution in [2.24, 2.45) is 0 Å². The van der Waals surface area contributed by atoms with Crippen LogP contribution in [-0.4, -0.2) is 69.5 Å². The van der Waals surface area contributed by atoms with Crippen LogP contribution in [0.25, 0.3) is 10.2 Å². The molecule has 5 rings (SSSR count). The molecule has 2 aromatic carbocycles. The number of carbonyl (C=O) groups excluding carboxylic acids is 1. The second kappa shape index (κ2) is 13.3. The third kappa shape index (κ3) is 7.89. The first-order chi connectivity index (χ1) is 21.6. The molecule has 1 saturated carbocycles. The molecule has 250 valence electrons. The highest BCUT2D eigenvalue weighted by Crippen LogP contribution is 2.38. The molecular formula is C30H33F6N5O4S. The quantitative estimate of drug-likeness (QED) is 0.155. The zero-order valence-corrected chi connectivity index (χ0v) is 25.8. The van der Waals surface area contributed by atoms with Crippen LogP contribution in [0.3, 0.4) is 0 Å². The van der Waals surface area contributed by atoms with E-state index in [0.717, 1.165) is 24.3 Å². The number of fused-ring (bicyclic) bond motifs is 1. The summed E-state index contributed by atoms with van der Waals surface area (Å²) < 4.78 is 85.8. The standard InChI is InChI=1S/C30H33F6N5O4S/c1-17-14-40(18(2)13-39(17)15-27-38-24-11-19(29(31,32)33)3-10-26(24)46-27)28(42)16-45-22-7-4-20(5-8-22)37-21-6-9-25(41(43)44)23(12-21)30(34,35)36/h3,6,9-12,17-18,20,22,37H,4-5,7-8,13-16H2,1-2H3/t17-,18?,20?,22?/m0/s1. The van der Waals surface area contributed by atoms with Crippen LogP contribution < -0.4 is 5.32 Å². The molecule has 2 aliphatic rings. The van der Waals surface area contributed by atoms with E-state index in [4.69, 9.17) is 4.74 Å². The number of nitrogens with one attached hydrogen (secondary N) is 1. The number of aromatic nitrogens is 1. The number of nitro groups is 1. The fourth-order valence-corrected chi connectivity index (χ4v) is 7.03. The highest BCUT2D eigenvalue weighted by Gasteiger charge is 2.39. The summed E-state index contributed by atoms with van der Waals surface area (Å²) in [6, 6.07) is 6.15. The van der Waals surface area contributed by atoms with Gasteiger partial charge in [-0.2, -0.15) is 26.3 Å². The Morgan fingerprint density at radius 1 is 1.02 bits per heavy atom. The van der Waals surface area contributed by atoms with Crippen molar-refractivity contribution in [3.05, 3.63) is 62.6 Å². The predicted molar refractivity (Wildman–Crippen MR) is 159 cm³/mol. The lowest BCUT2D eigenvalue weighted by Gasteiger charge is -2.44. The van der Waals surface area contributed by atoms with Gasteiger partial charge in [-0.05, 0) is 69.9 Å². The topological polar surface area (TPSA) is 101 Å². The van der Waals surface area contributed by atoms with Gasteiger partial charge < -0.3 is 15.0 Å². The van der Waals surface area contributed by atoms with Crippen LogP contribution in [0, 0.1) is 10.1 Å². The molecule has 1 aromatic heterocycles. The van der Waals surface area contributed by atoms with Gasteiger partial charge in [-0.15, -0.1) is 11.3 Å². The third-order valence-corrected chi connectivity index (χ3v) is 9.54. The van der Waals surface area contributed by atoms with Gasteiger partial charge in [0.25, 0.3) is 5.69 Å². The minimum Gasteiger partial charge on any atom is -0.382 e. The van der Waals surface area contributed by atoms with E-state index in [0.29, 0.717) is 60.5 Å². The van der Waals surface area contributed by atoms with Gasteiger partial charge in [0.15, 0.2) is 0 Å². The first-order valence-electron chi connectivity index (χ1n) is 14.8. The maximum absolute atomic E-state index is 13.3. The van der Waals surface area contributed by atoms with Gasteiger partial charge in [0.05, 0.1) is 33.4 Å². The summed E-state index contributed by atoms with van der Waals surface area (Å²) in [5.74, 6) is -0.149. The largest absolute Gasteiger partial charge is 0.423 e. The molecule has 0 radical (unpaired) electrons. The molecule has 9 nitrogen and oxygen atoms in total. The lowest BCUT2D eigenvalue weighted by molar-refractivity contribution is -0.388. The van der Waals surface area contributed by atoms with Crippen LogP contribution in [0.5, 0.6) is 0 Å². The zero-order chi connectivity index (χ0) is 33.4. The molecule has 46 heavy (non-hydrogen) atoms. The third-order valence-electron chi connectivity index (χ3n) is 8.52. The Hall–Kier alpha value is -3.50. The minimum absolute atomic E-state index is 0.0169. The summed E-state index contributed by atoms with van der Waals surface area (Å²) in [6.45, 7) is 5.29. The van der Waals surface area contributed by atoms with Crippen LogP contribution in [0.2, 0.25) is 0 Å². The van der Waals surface area contributed by atoms with Crippen molar-refractivity contribution >= 4 is 38.8 Å². The van der Waals surface area contributed by atoms with Crippen LogP contribution in [-0.2, 0) is 28.4 Å². The van der Waals surface area contributed by atoms with E-state index >= 15 is 0 Å². The maximum atomic E-state index is 13.3. The number of nitro benzene ring substituents is 1. The number of nitrogens with zero attached hydrogens (tertiary/aromatic N) is 4. The smallest absolute Gasteiger partial charge is 0.382 e. The van der Waals surface area contributed by atoms with Gasteiger partial charge in [0.2, 0.25) is 5.91 Å². The van der Waals surface area contributed by atoms with Gasteiger partial charge in [-0.3, -0.25) is 19.8 Å². The maximum Gasteiger partial charge on any atom is 0.423 e. The summed E-state index contributed by atoms with van der Waals surface area (Å²) >= 11 is 1.35. The van der Waals surface area contributed by atoms with Gasteiger partial charge in [-0.1, -0.05) is 0 Å². The summed E-state index contributed by atoms with van der Waals surface area (Å²) in [7, 11) is 0. The first-order valence-corrected chi connectivity index (χ1v) is 15.6. The van der Waals surface area contributed by atoms with Crippen molar-refractivity contribution in [2.45, 2.75) is 82.7 Å². The van der Waals surface area contributed by atoms with Crippen molar-refractivity contribution in [1.29, 1.82) is 0 Å². The van der Waals surface area contributed by atoms with Crippen molar-refractivity contribution in [3.8, 4) is 0 Å². The van der Waals surface area contributed by atoms with E-state index in [2.05, 4.69) is 15.2 Å². The molecule has 2 fully saturated rings. The van der Waals surface area contributed by atoms with Crippen LogP contribution >= 0.6 is 11.3 Å². The predicted octanol–water partition coefficient (Wildman–Crippen LogP) is 7.10. The molecule has 1 unspecified atom stereocenters. The van der Waals surface area contributed by atoms with Gasteiger partial charge in [0.1, 0.15) is 17.2 Å². The highest BCUT2D eigenvalue weighted by atomic mass is 32.1. The van der Waals surface area contributed by atoms with E-state index < -0.39 is 34.1 Å². The summed E-state index contributed by atoms with van der Waals surface area (Å²) in [5, 5.41) is 14.7. The molecule has 1 aliphatic heterocycles. The van der Waals surface area contributed by atoms with Crippen molar-refractivity contribution in [1.82, 2.24) is 14.8 Å². The van der Waals surface area contributed by atoms with Gasteiger partial charge in [-0.25, -0.2) is 4.98 Å². The highest BCUT2D eigenvalue weighted by molar-refractivity contribution is 7.18. The van der Waals surface area contributed by atoms with E-state index in [9.17, 15) is 41.3 Å². The summed E-state index contributed by atoms with van der Waals surface area (Å²) in [4.78, 5) is 31.4. The lowest BCUT2D eigenvalue weighted by atomic mass is 9.92. The fourth-order valence-electron chi connectivity index (χ4n) is 6.05. The Labute approximate surface area is 264 Å². The Bertz CT molecular complexity index is 1570. The van der Waals surface area contributed by atoms with E-state index in [1.165, 1.54) is 23.5 Å². The average molecular weight is 674 g/mol. The molecule has 1 saturated heterocycles. The first kappa shape index (κ1) is 33.9. The van der Waals surface area contributed by atoms with Crippen LogP contribution in [0.4, 0.5) is 37.7 Å². The SMILES string of the molecule is CC1CN(Cc2nc3cc(C(F)(F)F)ccc3s2)[C@@H](C)CN1C(=O)COC1CCC(Nc2ccc([N+](=O)[O-])c(C(F)(F)F)c2)CC1. The van der Waals surface area contributed by atoms with E-state index in [1.807, 2.05) is 13.8 Å². The van der Waals surface area contributed by atoms with E-state index in [1.54, 1.807) is 4.90 Å². The van der Waals surface area contributed by atoms with Crippen molar-refractivity contribution in [2.75, 3.05) is 25.0 Å². The molecule has 1 N–H and O–H groups in total. The number of amides is 1. The number of anilines is 1. The monoisotopic (exact) mass is 673 g/mol. The molecule has 2 atom stereocenters. The lowest BCUT2D eigenvalue weighted by Crippen LogP contribution is -2.58. The Morgan fingerprint density at radius 3 is 2.39 bits per heavy atom.